The van der Waals surface area contributed by atoms with Crippen molar-refractivity contribution in [3.8, 4) is 0 Å². The summed E-state index contributed by atoms with van der Waals surface area (Å²) in [5.41, 5.74) is -0.468. The van der Waals surface area contributed by atoms with Gasteiger partial charge in [0.15, 0.2) is 0 Å². The van der Waals surface area contributed by atoms with Gasteiger partial charge in [0.25, 0.3) is 0 Å². The van der Waals surface area contributed by atoms with E-state index >= 15 is 0 Å². The summed E-state index contributed by atoms with van der Waals surface area (Å²) in [7, 11) is 0. The Hall–Kier alpha value is -0.570. The monoisotopic (exact) mass is 185 g/mol. The second kappa shape index (κ2) is 2.98. The van der Waals surface area contributed by atoms with E-state index in [4.69, 9.17) is 5.11 Å². The molecule has 13 heavy (non-hydrogen) atoms. The van der Waals surface area contributed by atoms with Crippen LogP contribution in [-0.4, -0.2) is 22.7 Å². The predicted molar refractivity (Wildman–Crippen MR) is 51.7 cm³/mol. The van der Waals surface area contributed by atoms with Crippen molar-refractivity contribution in [2.24, 2.45) is 5.41 Å². The molecule has 0 heterocycles. The second-order valence-corrected chi connectivity index (χ2v) is 4.88. The van der Waals surface area contributed by atoms with Crippen molar-refractivity contribution >= 4 is 5.97 Å². The van der Waals surface area contributed by atoms with Gasteiger partial charge in [-0.25, -0.2) is 0 Å². The molecule has 1 fully saturated rings. The molecule has 2 unspecified atom stereocenters. The van der Waals surface area contributed by atoms with E-state index in [9.17, 15) is 4.79 Å². The molecular formula is C10H19NO2. The Balaban J connectivity index is 2.56. The number of hydrogen-bond donors (Lipinski definition) is 2. The van der Waals surface area contributed by atoms with E-state index in [1.54, 1.807) is 6.92 Å². The van der Waals surface area contributed by atoms with E-state index in [0.717, 1.165) is 6.42 Å². The Morgan fingerprint density at radius 3 is 2.38 bits per heavy atom. The first-order chi connectivity index (χ1) is 5.82. The van der Waals surface area contributed by atoms with E-state index in [1.165, 1.54) is 0 Å². The third kappa shape index (κ3) is 2.02. The highest BCUT2D eigenvalue weighted by Gasteiger charge is 2.49. The molecule has 2 atom stereocenters. The fourth-order valence-corrected chi connectivity index (χ4v) is 1.41. The van der Waals surface area contributed by atoms with Gasteiger partial charge in [-0.2, -0.15) is 0 Å². The van der Waals surface area contributed by atoms with Crippen LogP contribution < -0.4 is 5.32 Å². The zero-order valence-corrected chi connectivity index (χ0v) is 8.85. The van der Waals surface area contributed by atoms with Crippen molar-refractivity contribution in [2.45, 2.75) is 52.1 Å². The largest absolute Gasteiger partial charge is 0.480 e. The normalized spacial score (nSPS) is 29.4. The summed E-state index contributed by atoms with van der Waals surface area (Å²) in [6.07, 6.45) is 1.70. The molecule has 0 saturated heterocycles. The number of nitrogens with one attached hydrogen (secondary N) is 1. The summed E-state index contributed by atoms with van der Waals surface area (Å²) in [6.45, 7) is 7.96. The van der Waals surface area contributed by atoms with E-state index in [2.05, 4.69) is 19.2 Å². The van der Waals surface area contributed by atoms with Gasteiger partial charge in [0.2, 0.25) is 0 Å². The molecule has 3 heteroatoms. The molecular weight excluding hydrogens is 166 g/mol. The van der Waals surface area contributed by atoms with Crippen LogP contribution in [0.25, 0.3) is 0 Å². The van der Waals surface area contributed by atoms with Crippen LogP contribution in [0.2, 0.25) is 0 Å². The maximum Gasteiger partial charge on any atom is 0.323 e. The zero-order chi connectivity index (χ0) is 10.3. The Morgan fingerprint density at radius 1 is 1.69 bits per heavy atom. The van der Waals surface area contributed by atoms with Crippen LogP contribution in [0.4, 0.5) is 0 Å². The van der Waals surface area contributed by atoms with Gasteiger partial charge in [0, 0.05) is 6.04 Å². The van der Waals surface area contributed by atoms with Crippen molar-refractivity contribution in [1.29, 1.82) is 0 Å². The lowest BCUT2D eigenvalue weighted by Gasteiger charge is -2.25. The summed E-state index contributed by atoms with van der Waals surface area (Å²) >= 11 is 0. The predicted octanol–water partition coefficient (Wildman–Crippen LogP) is 1.63. The Labute approximate surface area is 79.5 Å². The Bertz CT molecular complexity index is 225. The molecule has 0 amide bonds. The van der Waals surface area contributed by atoms with Crippen LogP contribution in [0, 0.1) is 5.41 Å². The summed E-state index contributed by atoms with van der Waals surface area (Å²) in [4.78, 5) is 11.0. The SMILES string of the molecule is CCC(C)(NC1CC1(C)C)C(=O)O. The van der Waals surface area contributed by atoms with Gasteiger partial charge >= 0.3 is 5.97 Å². The minimum Gasteiger partial charge on any atom is -0.480 e. The molecule has 76 valence electrons. The summed E-state index contributed by atoms with van der Waals surface area (Å²) < 4.78 is 0. The highest BCUT2D eigenvalue weighted by Crippen LogP contribution is 2.45. The molecule has 1 rings (SSSR count). The van der Waals surface area contributed by atoms with Crippen LogP contribution in [0.5, 0.6) is 0 Å². The van der Waals surface area contributed by atoms with Crippen molar-refractivity contribution in [2.75, 3.05) is 0 Å². The molecule has 1 aliphatic carbocycles. The maximum absolute atomic E-state index is 11.0. The number of rotatable bonds is 4. The van der Waals surface area contributed by atoms with Gasteiger partial charge in [0.1, 0.15) is 5.54 Å². The topological polar surface area (TPSA) is 49.3 Å². The van der Waals surface area contributed by atoms with Crippen molar-refractivity contribution in [1.82, 2.24) is 5.32 Å². The highest BCUT2D eigenvalue weighted by atomic mass is 16.4. The number of carbonyl (C=O) groups is 1. The Morgan fingerprint density at radius 2 is 2.15 bits per heavy atom. The third-order valence-electron chi connectivity index (χ3n) is 3.19. The van der Waals surface area contributed by atoms with Gasteiger partial charge < -0.3 is 5.11 Å². The van der Waals surface area contributed by atoms with Gasteiger partial charge in [-0.05, 0) is 25.2 Å². The first-order valence-corrected chi connectivity index (χ1v) is 4.83. The molecule has 0 aromatic rings. The lowest BCUT2D eigenvalue weighted by atomic mass is 9.98. The lowest BCUT2D eigenvalue weighted by Crippen LogP contribution is -2.50. The van der Waals surface area contributed by atoms with Crippen LogP contribution in [-0.2, 0) is 4.79 Å². The molecule has 0 aliphatic heterocycles. The van der Waals surface area contributed by atoms with Gasteiger partial charge in [0.05, 0.1) is 0 Å². The van der Waals surface area contributed by atoms with E-state index < -0.39 is 11.5 Å². The van der Waals surface area contributed by atoms with E-state index in [0.29, 0.717) is 12.5 Å². The quantitative estimate of drug-likeness (QED) is 0.700. The van der Waals surface area contributed by atoms with Crippen LogP contribution in [0.1, 0.15) is 40.5 Å². The van der Waals surface area contributed by atoms with Crippen molar-refractivity contribution in [3.05, 3.63) is 0 Å². The molecule has 0 aromatic carbocycles. The van der Waals surface area contributed by atoms with Crippen molar-refractivity contribution < 1.29 is 9.90 Å². The molecule has 0 radical (unpaired) electrons. The first kappa shape index (κ1) is 10.5. The minimum absolute atomic E-state index is 0.284. The molecule has 1 saturated carbocycles. The lowest BCUT2D eigenvalue weighted by molar-refractivity contribution is -0.144. The summed E-state index contributed by atoms with van der Waals surface area (Å²) in [5.74, 6) is -0.752. The number of hydrogen-bond acceptors (Lipinski definition) is 2. The highest BCUT2D eigenvalue weighted by molar-refractivity contribution is 5.78. The average molecular weight is 185 g/mol. The second-order valence-electron chi connectivity index (χ2n) is 4.88. The zero-order valence-electron chi connectivity index (χ0n) is 8.85. The van der Waals surface area contributed by atoms with Crippen molar-refractivity contribution in [3.63, 3.8) is 0 Å². The van der Waals surface area contributed by atoms with E-state index in [1.807, 2.05) is 6.92 Å². The van der Waals surface area contributed by atoms with Crippen LogP contribution in [0.15, 0.2) is 0 Å². The Kier molecular flexibility index (Phi) is 2.41. The standard InChI is InChI=1S/C10H19NO2/c1-5-10(4,8(12)13)11-7-6-9(7,2)3/h7,11H,5-6H2,1-4H3,(H,12,13). The van der Waals surface area contributed by atoms with Gasteiger partial charge in [-0.3, -0.25) is 10.1 Å². The maximum atomic E-state index is 11.0. The van der Waals surface area contributed by atoms with E-state index in [-0.39, 0.29) is 5.41 Å². The minimum atomic E-state index is -0.752. The number of carboxylic acids is 1. The molecule has 0 spiro atoms. The average Bonchev–Trinajstić information content (AvgIpc) is 2.58. The number of aliphatic carboxylic acids is 1. The fourth-order valence-electron chi connectivity index (χ4n) is 1.41. The molecule has 0 aromatic heterocycles. The first-order valence-electron chi connectivity index (χ1n) is 4.83. The molecule has 1 aliphatic rings. The third-order valence-corrected chi connectivity index (χ3v) is 3.19. The van der Waals surface area contributed by atoms with Crippen LogP contribution >= 0.6 is 0 Å². The smallest absolute Gasteiger partial charge is 0.323 e. The number of carboxylic acid groups (broad SMARTS) is 1. The summed E-state index contributed by atoms with van der Waals surface area (Å²) in [5, 5.41) is 12.2. The van der Waals surface area contributed by atoms with Gasteiger partial charge in [-0.1, -0.05) is 20.8 Å². The van der Waals surface area contributed by atoms with Gasteiger partial charge in [-0.15, -0.1) is 0 Å². The van der Waals surface area contributed by atoms with Crippen LogP contribution in [0.3, 0.4) is 0 Å². The molecule has 3 nitrogen and oxygen atoms in total. The summed E-state index contributed by atoms with van der Waals surface area (Å²) in [6, 6.07) is 0.369. The molecule has 0 bridgehead atoms. The molecule has 2 N–H and O–H groups in total. The fraction of sp³-hybridized carbons (Fsp3) is 0.900.